The Balaban J connectivity index is 1.84. The summed E-state index contributed by atoms with van der Waals surface area (Å²) < 4.78 is 11.4. The van der Waals surface area contributed by atoms with Crippen molar-refractivity contribution in [2.24, 2.45) is 0 Å². The van der Waals surface area contributed by atoms with E-state index in [4.69, 9.17) is 9.47 Å². The highest BCUT2D eigenvalue weighted by Gasteiger charge is 2.06. The van der Waals surface area contributed by atoms with Crippen LogP contribution in [0.15, 0.2) is 36.7 Å². The number of benzene rings is 1. The van der Waals surface area contributed by atoms with E-state index in [1.165, 1.54) is 19.5 Å². The van der Waals surface area contributed by atoms with Crippen LogP contribution in [0.1, 0.15) is 0 Å². The Morgan fingerprint density at radius 1 is 1.20 bits per heavy atom. The summed E-state index contributed by atoms with van der Waals surface area (Å²) in [7, 11) is 1.52. The predicted molar refractivity (Wildman–Crippen MR) is 81.9 cm³/mol. The molecule has 1 aromatic carbocycles. The van der Waals surface area contributed by atoms with Crippen molar-refractivity contribution in [1.29, 1.82) is 0 Å². The summed E-state index contributed by atoms with van der Waals surface area (Å²) in [5.41, 5.74) is 0. The molecule has 1 N–H and O–H groups in total. The average molecular weight is 385 g/mol. The molecule has 1 heterocycles. The van der Waals surface area contributed by atoms with Gasteiger partial charge in [0, 0.05) is 3.57 Å². The van der Waals surface area contributed by atoms with Crippen LogP contribution in [0.25, 0.3) is 0 Å². The SMILES string of the molecule is COc1cnc(NC(=O)COc2ccc(I)cc2)nc1. The van der Waals surface area contributed by atoms with Crippen molar-refractivity contribution in [3.8, 4) is 11.5 Å². The van der Waals surface area contributed by atoms with Crippen molar-refractivity contribution < 1.29 is 14.3 Å². The number of hydrogen-bond acceptors (Lipinski definition) is 5. The Kier molecular flexibility index (Phi) is 5.10. The molecule has 7 heteroatoms. The van der Waals surface area contributed by atoms with Crippen LogP contribution in [0.2, 0.25) is 0 Å². The number of rotatable bonds is 5. The first-order valence-electron chi connectivity index (χ1n) is 5.71. The number of nitrogens with one attached hydrogen (secondary N) is 1. The third-order valence-electron chi connectivity index (χ3n) is 2.30. The number of anilines is 1. The maximum absolute atomic E-state index is 11.7. The second-order valence-electron chi connectivity index (χ2n) is 3.74. The van der Waals surface area contributed by atoms with Crippen LogP contribution >= 0.6 is 22.6 Å². The molecule has 0 fully saturated rings. The van der Waals surface area contributed by atoms with E-state index < -0.39 is 0 Å². The Morgan fingerprint density at radius 2 is 1.85 bits per heavy atom. The van der Waals surface area contributed by atoms with Gasteiger partial charge >= 0.3 is 0 Å². The summed E-state index contributed by atoms with van der Waals surface area (Å²) in [5.74, 6) is 1.05. The molecule has 6 nitrogen and oxygen atoms in total. The smallest absolute Gasteiger partial charge is 0.264 e. The molecular formula is C13H12IN3O3. The second kappa shape index (κ2) is 7.04. The second-order valence-corrected chi connectivity index (χ2v) is 4.98. The minimum atomic E-state index is -0.325. The third kappa shape index (κ3) is 4.34. The van der Waals surface area contributed by atoms with Crippen LogP contribution in [0.3, 0.4) is 0 Å². The van der Waals surface area contributed by atoms with Crippen molar-refractivity contribution >= 4 is 34.4 Å². The minimum Gasteiger partial charge on any atom is -0.494 e. The molecule has 2 aromatic rings. The number of carbonyl (C=O) groups excluding carboxylic acids is 1. The van der Waals surface area contributed by atoms with E-state index >= 15 is 0 Å². The summed E-state index contributed by atoms with van der Waals surface area (Å²) >= 11 is 2.20. The molecule has 0 radical (unpaired) electrons. The number of nitrogens with zero attached hydrogens (tertiary/aromatic N) is 2. The summed E-state index contributed by atoms with van der Waals surface area (Å²) in [6.45, 7) is -0.101. The van der Waals surface area contributed by atoms with Crippen LogP contribution in [-0.2, 0) is 4.79 Å². The highest BCUT2D eigenvalue weighted by Crippen LogP contribution is 2.13. The van der Waals surface area contributed by atoms with Gasteiger partial charge in [0.25, 0.3) is 5.91 Å². The average Bonchev–Trinajstić information content (AvgIpc) is 2.47. The van der Waals surface area contributed by atoms with E-state index in [0.717, 1.165) is 3.57 Å². The lowest BCUT2D eigenvalue weighted by atomic mass is 10.3. The van der Waals surface area contributed by atoms with Crippen molar-refractivity contribution in [1.82, 2.24) is 9.97 Å². The van der Waals surface area contributed by atoms with Crippen molar-refractivity contribution in [3.05, 3.63) is 40.2 Å². The molecule has 1 aromatic heterocycles. The van der Waals surface area contributed by atoms with Crippen LogP contribution in [0, 0.1) is 3.57 Å². The maximum atomic E-state index is 11.7. The first kappa shape index (κ1) is 14.5. The topological polar surface area (TPSA) is 73.3 Å². The quantitative estimate of drug-likeness (QED) is 0.799. The number of halogens is 1. The molecule has 20 heavy (non-hydrogen) atoms. The molecule has 0 bridgehead atoms. The Bertz CT molecular complexity index is 572. The van der Waals surface area contributed by atoms with Gasteiger partial charge in [-0.1, -0.05) is 0 Å². The van der Waals surface area contributed by atoms with Gasteiger partial charge in [-0.15, -0.1) is 0 Å². The van der Waals surface area contributed by atoms with E-state index in [1.54, 1.807) is 12.1 Å². The zero-order chi connectivity index (χ0) is 14.4. The molecule has 1 amide bonds. The molecule has 0 aliphatic carbocycles. The van der Waals surface area contributed by atoms with Gasteiger partial charge in [0.2, 0.25) is 5.95 Å². The maximum Gasteiger partial charge on any atom is 0.264 e. The van der Waals surface area contributed by atoms with E-state index in [9.17, 15) is 4.79 Å². The van der Waals surface area contributed by atoms with E-state index in [1.807, 2.05) is 12.1 Å². The van der Waals surface area contributed by atoms with Crippen LogP contribution < -0.4 is 14.8 Å². The highest BCUT2D eigenvalue weighted by molar-refractivity contribution is 14.1. The number of ether oxygens (including phenoxy) is 2. The first-order chi connectivity index (χ1) is 9.67. The first-order valence-corrected chi connectivity index (χ1v) is 6.79. The Hall–Kier alpha value is -1.90. The zero-order valence-corrected chi connectivity index (χ0v) is 12.8. The lowest BCUT2D eigenvalue weighted by Gasteiger charge is -2.06. The number of carbonyl (C=O) groups is 1. The predicted octanol–water partition coefficient (Wildman–Crippen LogP) is 2.11. The fourth-order valence-corrected chi connectivity index (χ4v) is 1.69. The summed E-state index contributed by atoms with van der Waals surface area (Å²) in [6.07, 6.45) is 2.95. The molecule has 0 spiro atoms. The van der Waals surface area contributed by atoms with Gasteiger partial charge in [-0.2, -0.15) is 0 Å². The molecule has 0 unspecified atom stereocenters. The summed E-state index contributed by atoms with van der Waals surface area (Å²) in [5, 5.41) is 2.53. The molecule has 104 valence electrons. The highest BCUT2D eigenvalue weighted by atomic mass is 127. The standard InChI is InChI=1S/C13H12IN3O3/c1-19-11-6-15-13(16-7-11)17-12(18)8-20-10-4-2-9(14)3-5-10/h2-7H,8H2,1H3,(H,15,16,17,18). The van der Waals surface area contributed by atoms with Gasteiger partial charge in [-0.05, 0) is 46.9 Å². The van der Waals surface area contributed by atoms with Crippen LogP contribution in [0.4, 0.5) is 5.95 Å². The van der Waals surface area contributed by atoms with E-state index in [2.05, 4.69) is 37.9 Å². The number of methoxy groups -OCH3 is 1. The fraction of sp³-hybridized carbons (Fsp3) is 0.154. The van der Waals surface area contributed by atoms with E-state index in [-0.39, 0.29) is 18.5 Å². The number of amides is 1. The van der Waals surface area contributed by atoms with Gasteiger partial charge < -0.3 is 9.47 Å². The Labute approximate surface area is 129 Å². The van der Waals surface area contributed by atoms with Crippen LogP contribution in [-0.4, -0.2) is 29.6 Å². The van der Waals surface area contributed by atoms with Crippen molar-refractivity contribution in [2.75, 3.05) is 19.0 Å². The van der Waals surface area contributed by atoms with Gasteiger partial charge in [0.15, 0.2) is 12.4 Å². The third-order valence-corrected chi connectivity index (χ3v) is 3.02. The lowest BCUT2D eigenvalue weighted by Crippen LogP contribution is -2.21. The van der Waals surface area contributed by atoms with E-state index in [0.29, 0.717) is 11.5 Å². The van der Waals surface area contributed by atoms with Crippen molar-refractivity contribution in [2.45, 2.75) is 0 Å². The lowest BCUT2D eigenvalue weighted by molar-refractivity contribution is -0.118. The van der Waals surface area contributed by atoms with Gasteiger partial charge in [0.1, 0.15) is 5.75 Å². The van der Waals surface area contributed by atoms with Crippen molar-refractivity contribution in [3.63, 3.8) is 0 Å². The molecule has 0 saturated carbocycles. The summed E-state index contributed by atoms with van der Waals surface area (Å²) in [4.78, 5) is 19.5. The molecule has 0 aliphatic rings. The monoisotopic (exact) mass is 385 g/mol. The number of hydrogen-bond donors (Lipinski definition) is 1. The minimum absolute atomic E-state index is 0.101. The van der Waals surface area contributed by atoms with Gasteiger partial charge in [0.05, 0.1) is 19.5 Å². The van der Waals surface area contributed by atoms with Gasteiger partial charge in [-0.3, -0.25) is 10.1 Å². The molecule has 0 aliphatic heterocycles. The Morgan fingerprint density at radius 3 is 2.45 bits per heavy atom. The largest absolute Gasteiger partial charge is 0.494 e. The zero-order valence-electron chi connectivity index (χ0n) is 10.7. The van der Waals surface area contributed by atoms with Crippen LogP contribution in [0.5, 0.6) is 11.5 Å². The van der Waals surface area contributed by atoms with Gasteiger partial charge in [-0.25, -0.2) is 9.97 Å². The summed E-state index contributed by atoms with van der Waals surface area (Å²) in [6, 6.07) is 7.42. The molecule has 0 atom stereocenters. The molecular weight excluding hydrogens is 373 g/mol. The number of aromatic nitrogens is 2. The normalized spacial score (nSPS) is 9.90. The molecule has 2 rings (SSSR count). The fourth-order valence-electron chi connectivity index (χ4n) is 1.33. The molecule has 0 saturated heterocycles.